The Balaban J connectivity index is 1.75. The second-order valence-electron chi connectivity index (χ2n) is 5.87. The highest BCUT2D eigenvalue weighted by Crippen LogP contribution is 2.30. The zero-order valence-corrected chi connectivity index (χ0v) is 14.8. The molecule has 4 nitrogen and oxygen atoms in total. The van der Waals surface area contributed by atoms with Crippen LogP contribution in [-0.2, 0) is 22.3 Å². The van der Waals surface area contributed by atoms with Crippen molar-refractivity contribution in [1.82, 2.24) is 0 Å². The van der Waals surface area contributed by atoms with Crippen molar-refractivity contribution in [2.24, 2.45) is 0 Å². The molecule has 0 aliphatic rings. The maximum absolute atomic E-state index is 12.5. The molecular weight excluding hydrogens is 361 g/mol. The Morgan fingerprint density at radius 2 is 1.70 bits per heavy atom. The lowest BCUT2D eigenvalue weighted by molar-refractivity contribution is -0.137. The molecule has 0 bridgehead atoms. The van der Waals surface area contributed by atoms with Gasteiger partial charge in [0.15, 0.2) is 6.10 Å². The first-order chi connectivity index (χ1) is 12.8. The quantitative estimate of drug-likeness (QED) is 0.511. The van der Waals surface area contributed by atoms with E-state index >= 15 is 0 Å². The molecule has 27 heavy (non-hydrogen) atoms. The second-order valence-corrected chi connectivity index (χ2v) is 5.87. The van der Waals surface area contributed by atoms with Crippen LogP contribution in [-0.4, -0.2) is 24.1 Å². The normalized spacial score (nSPS) is 13.7. The summed E-state index contributed by atoms with van der Waals surface area (Å²) < 4.78 is 53.7. The Hall–Kier alpha value is -2.51. The summed E-state index contributed by atoms with van der Waals surface area (Å²) in [4.78, 5) is 0. The largest absolute Gasteiger partial charge is 0.484 e. The molecule has 0 aliphatic heterocycles. The van der Waals surface area contributed by atoms with E-state index in [0.29, 0.717) is 6.61 Å². The van der Waals surface area contributed by atoms with Crippen LogP contribution in [0.1, 0.15) is 18.1 Å². The molecule has 2 atom stereocenters. The smallest absolute Gasteiger partial charge is 0.416 e. The van der Waals surface area contributed by atoms with Crippen LogP contribution in [0.4, 0.5) is 13.2 Å². The summed E-state index contributed by atoms with van der Waals surface area (Å²) >= 11 is 0. The van der Waals surface area contributed by atoms with Gasteiger partial charge in [-0.05, 0) is 36.8 Å². The van der Waals surface area contributed by atoms with E-state index in [1.807, 2.05) is 30.3 Å². The fourth-order valence-electron chi connectivity index (χ4n) is 2.15. The minimum Gasteiger partial charge on any atom is -0.484 e. The number of halogens is 3. The van der Waals surface area contributed by atoms with E-state index in [-0.39, 0.29) is 18.1 Å². The van der Waals surface area contributed by atoms with E-state index in [0.717, 1.165) is 17.7 Å². The number of benzene rings is 2. The van der Waals surface area contributed by atoms with E-state index in [1.165, 1.54) is 19.1 Å². The molecule has 2 rings (SSSR count). The lowest BCUT2D eigenvalue weighted by atomic mass is 10.2. The van der Waals surface area contributed by atoms with Gasteiger partial charge in [0.05, 0.1) is 12.2 Å². The highest BCUT2D eigenvalue weighted by molar-refractivity contribution is 5.29. The third-order valence-corrected chi connectivity index (χ3v) is 3.57. The van der Waals surface area contributed by atoms with Crippen LogP contribution in [0.25, 0.3) is 0 Å². The van der Waals surface area contributed by atoms with Crippen LogP contribution in [0.5, 0.6) is 5.75 Å². The molecule has 146 valence electrons. The van der Waals surface area contributed by atoms with Gasteiger partial charge in [0.1, 0.15) is 18.1 Å². The summed E-state index contributed by atoms with van der Waals surface area (Å²) in [6.07, 6.45) is -6.59. The van der Waals surface area contributed by atoms with Gasteiger partial charge in [0.25, 0.3) is 0 Å². The summed E-state index contributed by atoms with van der Waals surface area (Å²) in [5, 5.41) is 10.0. The maximum atomic E-state index is 12.5. The molecule has 2 unspecified atom stereocenters. The van der Waals surface area contributed by atoms with Gasteiger partial charge in [-0.2, -0.15) is 13.2 Å². The van der Waals surface area contributed by atoms with Crippen molar-refractivity contribution in [3.63, 3.8) is 0 Å². The summed E-state index contributed by atoms with van der Waals surface area (Å²) in [6, 6.07) is 13.7. The van der Waals surface area contributed by atoms with Crippen molar-refractivity contribution in [1.29, 1.82) is 0 Å². The third kappa shape index (κ3) is 6.96. The molecular formula is C20H21F3O4. The number of ether oxygens (including phenoxy) is 3. The number of hydrogen-bond acceptors (Lipinski definition) is 4. The van der Waals surface area contributed by atoms with Crippen molar-refractivity contribution in [3.8, 4) is 5.75 Å². The average molecular weight is 382 g/mol. The average Bonchev–Trinajstić information content (AvgIpc) is 2.62. The fourth-order valence-corrected chi connectivity index (χ4v) is 2.15. The molecule has 0 aliphatic carbocycles. The summed E-state index contributed by atoms with van der Waals surface area (Å²) in [5.74, 6) is 0.394. The van der Waals surface area contributed by atoms with E-state index in [1.54, 1.807) is 0 Å². The van der Waals surface area contributed by atoms with E-state index < -0.39 is 24.1 Å². The van der Waals surface area contributed by atoms with Gasteiger partial charge in [-0.15, -0.1) is 0 Å². The zero-order chi connectivity index (χ0) is 19.9. The van der Waals surface area contributed by atoms with Gasteiger partial charge in [-0.25, -0.2) is 0 Å². The minimum atomic E-state index is -4.41. The van der Waals surface area contributed by atoms with Crippen LogP contribution in [0.15, 0.2) is 66.9 Å². The van der Waals surface area contributed by atoms with Gasteiger partial charge in [-0.3, -0.25) is 0 Å². The standard InChI is InChI=1S/C20H21F3O4/c1-14(12-25-13-16-6-4-3-5-7-16)26-19(24)15(2)27-18-10-8-17(9-11-18)20(21,22)23/h3-11,15,19,24H,1,12-13H2,2H3. The lowest BCUT2D eigenvalue weighted by Gasteiger charge is -2.22. The summed E-state index contributed by atoms with van der Waals surface area (Å²) in [5.41, 5.74) is 0.216. The van der Waals surface area contributed by atoms with Gasteiger partial charge in [0, 0.05) is 0 Å². The molecule has 2 aromatic carbocycles. The number of alkyl halides is 3. The van der Waals surface area contributed by atoms with E-state index in [9.17, 15) is 18.3 Å². The van der Waals surface area contributed by atoms with Crippen LogP contribution < -0.4 is 4.74 Å². The minimum absolute atomic E-state index is 0.0823. The highest BCUT2D eigenvalue weighted by atomic mass is 19.4. The first-order valence-corrected chi connectivity index (χ1v) is 8.24. The SMILES string of the molecule is C=C(COCc1ccccc1)OC(O)C(C)Oc1ccc(C(F)(F)F)cc1. The topological polar surface area (TPSA) is 47.9 Å². The van der Waals surface area contributed by atoms with Crippen LogP contribution >= 0.6 is 0 Å². The molecule has 2 aromatic rings. The molecule has 0 saturated carbocycles. The van der Waals surface area contributed by atoms with Gasteiger partial charge >= 0.3 is 6.18 Å². The molecule has 0 radical (unpaired) electrons. The Labute approximate surface area is 155 Å². The lowest BCUT2D eigenvalue weighted by Crippen LogP contribution is -2.31. The number of aliphatic hydroxyl groups is 1. The van der Waals surface area contributed by atoms with Gasteiger partial charge in [-0.1, -0.05) is 36.9 Å². The molecule has 0 aromatic heterocycles. The maximum Gasteiger partial charge on any atom is 0.416 e. The van der Waals surface area contributed by atoms with Crippen molar-refractivity contribution in [2.75, 3.05) is 6.61 Å². The number of hydrogen-bond donors (Lipinski definition) is 1. The summed E-state index contributed by atoms with van der Waals surface area (Å²) in [6.45, 7) is 5.65. The second kappa shape index (κ2) is 9.43. The predicted octanol–water partition coefficient (Wildman–Crippen LogP) is 4.54. The Kier molecular flexibility index (Phi) is 7.27. The number of rotatable bonds is 9. The van der Waals surface area contributed by atoms with Crippen LogP contribution in [0.2, 0.25) is 0 Å². The predicted molar refractivity (Wildman–Crippen MR) is 93.9 cm³/mol. The highest BCUT2D eigenvalue weighted by Gasteiger charge is 2.30. The van der Waals surface area contributed by atoms with Crippen molar-refractivity contribution in [2.45, 2.75) is 32.1 Å². The molecule has 1 N–H and O–H groups in total. The first kappa shape index (κ1) is 20.8. The van der Waals surface area contributed by atoms with Gasteiger partial charge in [0.2, 0.25) is 6.29 Å². The molecule has 7 heteroatoms. The number of aliphatic hydroxyl groups excluding tert-OH is 1. The fraction of sp³-hybridized carbons (Fsp3) is 0.300. The van der Waals surface area contributed by atoms with E-state index in [2.05, 4.69) is 6.58 Å². The van der Waals surface area contributed by atoms with Crippen molar-refractivity contribution >= 4 is 0 Å². The van der Waals surface area contributed by atoms with E-state index in [4.69, 9.17) is 14.2 Å². The van der Waals surface area contributed by atoms with Crippen LogP contribution in [0.3, 0.4) is 0 Å². The Bertz CT molecular complexity index is 714. The van der Waals surface area contributed by atoms with Crippen molar-refractivity contribution in [3.05, 3.63) is 78.1 Å². The molecule has 0 spiro atoms. The molecule has 0 fully saturated rings. The first-order valence-electron chi connectivity index (χ1n) is 8.24. The third-order valence-electron chi connectivity index (χ3n) is 3.57. The Morgan fingerprint density at radius 1 is 1.07 bits per heavy atom. The monoisotopic (exact) mass is 382 g/mol. The van der Waals surface area contributed by atoms with Gasteiger partial charge < -0.3 is 19.3 Å². The molecule has 0 heterocycles. The molecule has 0 saturated heterocycles. The summed E-state index contributed by atoms with van der Waals surface area (Å²) in [7, 11) is 0. The zero-order valence-electron chi connectivity index (χ0n) is 14.8. The van der Waals surface area contributed by atoms with Crippen molar-refractivity contribution < 1.29 is 32.5 Å². The molecule has 0 amide bonds. The van der Waals surface area contributed by atoms with Crippen LogP contribution in [0, 0.1) is 0 Å². The Morgan fingerprint density at radius 3 is 2.30 bits per heavy atom.